The molecule has 1 fully saturated rings. The molecule has 0 bridgehead atoms. The van der Waals surface area contributed by atoms with Crippen molar-refractivity contribution in [1.29, 1.82) is 0 Å². The highest BCUT2D eigenvalue weighted by Crippen LogP contribution is 2.31. The molecule has 11 heteroatoms. The third-order valence-electron chi connectivity index (χ3n) is 4.87. The highest BCUT2D eigenvalue weighted by atomic mass is 35.5. The van der Waals surface area contributed by atoms with E-state index in [0.717, 1.165) is 11.8 Å². The molecule has 3 rings (SSSR count). The van der Waals surface area contributed by atoms with Crippen LogP contribution in [0.3, 0.4) is 0 Å². The Bertz CT molecular complexity index is 1070. The van der Waals surface area contributed by atoms with E-state index in [9.17, 15) is 18.0 Å². The summed E-state index contributed by atoms with van der Waals surface area (Å²) in [6, 6.07) is 10.0. The maximum absolute atomic E-state index is 12.8. The molecule has 1 aromatic heterocycles. The summed E-state index contributed by atoms with van der Waals surface area (Å²) < 4.78 is 27.0. The van der Waals surface area contributed by atoms with Crippen molar-refractivity contribution in [1.82, 2.24) is 14.2 Å². The van der Waals surface area contributed by atoms with E-state index >= 15 is 0 Å². The fourth-order valence-corrected chi connectivity index (χ4v) is 5.78. The number of nitrogens with one attached hydrogen (secondary N) is 1. The van der Waals surface area contributed by atoms with Gasteiger partial charge in [0.25, 0.3) is 5.24 Å². The molecule has 0 aliphatic carbocycles. The highest BCUT2D eigenvalue weighted by molar-refractivity contribution is 8.13. The zero-order valence-electron chi connectivity index (χ0n) is 17.1. The number of hydrogen-bond donors (Lipinski definition) is 1. The number of thioether (sulfide) groups is 1. The van der Waals surface area contributed by atoms with Crippen LogP contribution in [0.4, 0.5) is 10.5 Å². The van der Waals surface area contributed by atoms with E-state index in [2.05, 4.69) is 10.3 Å². The van der Waals surface area contributed by atoms with Crippen molar-refractivity contribution in [2.45, 2.75) is 22.6 Å². The van der Waals surface area contributed by atoms with E-state index in [1.807, 2.05) is 0 Å². The molecule has 166 valence electrons. The SMILES string of the molecule is CN(C)C(=O)Sc1ccccc1NC(=O)C1CCN(S(=O)(=O)c2cccnc2Cl)CC1. The van der Waals surface area contributed by atoms with Gasteiger partial charge in [-0.05, 0) is 48.9 Å². The summed E-state index contributed by atoms with van der Waals surface area (Å²) >= 11 is 6.99. The number of aromatic nitrogens is 1. The maximum Gasteiger partial charge on any atom is 0.286 e. The predicted molar refractivity (Wildman–Crippen MR) is 121 cm³/mol. The number of rotatable bonds is 5. The van der Waals surface area contributed by atoms with Gasteiger partial charge in [-0.15, -0.1) is 0 Å². The average Bonchev–Trinajstić information content (AvgIpc) is 2.75. The van der Waals surface area contributed by atoms with Gasteiger partial charge in [-0.3, -0.25) is 9.59 Å². The van der Waals surface area contributed by atoms with Gasteiger partial charge in [-0.25, -0.2) is 13.4 Å². The largest absolute Gasteiger partial charge is 0.339 e. The number of halogens is 1. The Morgan fingerprint density at radius 1 is 1.16 bits per heavy atom. The normalized spacial score (nSPS) is 15.5. The molecule has 1 aliphatic heterocycles. The molecule has 1 aromatic carbocycles. The first-order chi connectivity index (χ1) is 14.7. The molecule has 0 saturated carbocycles. The molecular weight excluding hydrogens is 460 g/mol. The Morgan fingerprint density at radius 3 is 2.48 bits per heavy atom. The van der Waals surface area contributed by atoms with Crippen molar-refractivity contribution >= 4 is 50.2 Å². The Hall–Kier alpha value is -2.14. The van der Waals surface area contributed by atoms with Crippen molar-refractivity contribution in [2.75, 3.05) is 32.5 Å². The lowest BCUT2D eigenvalue weighted by molar-refractivity contribution is -0.120. The van der Waals surface area contributed by atoms with Gasteiger partial charge in [-0.2, -0.15) is 4.31 Å². The van der Waals surface area contributed by atoms with E-state index in [1.54, 1.807) is 38.4 Å². The second-order valence-electron chi connectivity index (χ2n) is 7.22. The number of carbonyl (C=O) groups is 2. The average molecular weight is 483 g/mol. The molecule has 2 aromatic rings. The molecule has 1 saturated heterocycles. The van der Waals surface area contributed by atoms with E-state index in [4.69, 9.17) is 11.6 Å². The van der Waals surface area contributed by atoms with Crippen LogP contribution in [0.25, 0.3) is 0 Å². The third-order valence-corrected chi connectivity index (χ3v) is 8.33. The minimum Gasteiger partial charge on any atom is -0.339 e. The van der Waals surface area contributed by atoms with Crippen LogP contribution in [0.1, 0.15) is 12.8 Å². The predicted octanol–water partition coefficient (Wildman–Crippen LogP) is 3.55. The van der Waals surface area contributed by atoms with Crippen molar-refractivity contribution in [3.8, 4) is 0 Å². The second-order valence-corrected chi connectivity index (χ2v) is 10.5. The van der Waals surface area contributed by atoms with Crippen LogP contribution < -0.4 is 5.32 Å². The number of nitrogens with zero attached hydrogens (tertiary/aromatic N) is 3. The third kappa shape index (κ3) is 5.57. The number of amides is 2. The number of anilines is 1. The molecule has 2 amide bonds. The monoisotopic (exact) mass is 482 g/mol. The number of carbonyl (C=O) groups excluding carboxylic acids is 2. The second kappa shape index (κ2) is 9.99. The molecule has 0 unspecified atom stereocenters. The van der Waals surface area contributed by atoms with E-state index in [0.29, 0.717) is 23.4 Å². The van der Waals surface area contributed by atoms with Crippen molar-refractivity contribution in [3.05, 3.63) is 47.7 Å². The smallest absolute Gasteiger partial charge is 0.286 e. The fraction of sp³-hybridized carbons (Fsp3) is 0.350. The molecule has 0 radical (unpaired) electrons. The molecule has 0 spiro atoms. The minimum absolute atomic E-state index is 0.0314. The van der Waals surface area contributed by atoms with Crippen LogP contribution in [0.5, 0.6) is 0 Å². The molecule has 0 atom stereocenters. The van der Waals surface area contributed by atoms with Gasteiger partial charge >= 0.3 is 0 Å². The number of hydrogen-bond acceptors (Lipinski definition) is 6. The van der Waals surface area contributed by atoms with Gasteiger partial charge in [-0.1, -0.05) is 23.7 Å². The van der Waals surface area contributed by atoms with Gasteiger partial charge in [0.2, 0.25) is 15.9 Å². The first kappa shape index (κ1) is 23.5. The first-order valence-electron chi connectivity index (χ1n) is 9.60. The lowest BCUT2D eigenvalue weighted by atomic mass is 9.97. The standard InChI is InChI=1S/C20H23ClN4O4S2/c1-24(2)20(27)30-16-7-4-3-6-15(16)23-19(26)14-9-12-25(13-10-14)31(28,29)17-8-5-11-22-18(17)21/h3-8,11,14H,9-10,12-13H2,1-2H3,(H,23,26). The maximum atomic E-state index is 12.8. The van der Waals surface area contributed by atoms with Gasteiger partial charge < -0.3 is 10.2 Å². The van der Waals surface area contributed by atoms with Crippen LogP contribution in [0.15, 0.2) is 52.4 Å². The number of sulfonamides is 1. The molecule has 2 heterocycles. The summed E-state index contributed by atoms with van der Waals surface area (Å²) in [4.78, 5) is 30.8. The van der Waals surface area contributed by atoms with Crippen LogP contribution in [0.2, 0.25) is 5.15 Å². The fourth-order valence-electron chi connectivity index (χ4n) is 3.14. The number of piperidine rings is 1. The van der Waals surface area contributed by atoms with Gasteiger partial charge in [0.1, 0.15) is 10.0 Å². The van der Waals surface area contributed by atoms with Crippen molar-refractivity contribution in [2.24, 2.45) is 5.92 Å². The molecule has 1 N–H and O–H groups in total. The Balaban J connectivity index is 1.64. The number of pyridine rings is 1. The quantitative estimate of drug-likeness (QED) is 0.516. The molecule has 1 aliphatic rings. The Labute approximate surface area is 191 Å². The van der Waals surface area contributed by atoms with E-state index in [1.165, 1.54) is 27.5 Å². The van der Waals surface area contributed by atoms with Crippen LogP contribution in [-0.2, 0) is 14.8 Å². The summed E-state index contributed by atoms with van der Waals surface area (Å²) in [5.41, 5.74) is 0.560. The van der Waals surface area contributed by atoms with Crippen molar-refractivity contribution < 1.29 is 18.0 Å². The summed E-state index contributed by atoms with van der Waals surface area (Å²) in [6.45, 7) is 0.419. The van der Waals surface area contributed by atoms with Gasteiger partial charge in [0.05, 0.1) is 5.69 Å². The molecular formula is C20H23ClN4O4S2. The Kier molecular flexibility index (Phi) is 7.58. The summed E-state index contributed by atoms with van der Waals surface area (Å²) in [7, 11) is -0.440. The summed E-state index contributed by atoms with van der Waals surface area (Å²) in [5.74, 6) is -0.528. The lowest BCUT2D eigenvalue weighted by Crippen LogP contribution is -2.41. The Morgan fingerprint density at radius 2 is 1.84 bits per heavy atom. The zero-order chi connectivity index (χ0) is 22.6. The first-order valence-corrected chi connectivity index (χ1v) is 12.2. The lowest BCUT2D eigenvalue weighted by Gasteiger charge is -2.30. The van der Waals surface area contributed by atoms with Crippen LogP contribution in [-0.4, -0.2) is 60.9 Å². The summed E-state index contributed by atoms with van der Waals surface area (Å²) in [5, 5.41) is 2.68. The molecule has 8 nitrogen and oxygen atoms in total. The molecule has 31 heavy (non-hydrogen) atoms. The zero-order valence-corrected chi connectivity index (χ0v) is 19.5. The van der Waals surface area contributed by atoms with Crippen LogP contribution in [0, 0.1) is 5.92 Å². The highest BCUT2D eigenvalue weighted by Gasteiger charge is 2.33. The topological polar surface area (TPSA) is 99.7 Å². The van der Waals surface area contributed by atoms with Gasteiger partial charge in [0, 0.05) is 44.2 Å². The van der Waals surface area contributed by atoms with Gasteiger partial charge in [0.15, 0.2) is 0 Å². The number of benzene rings is 1. The van der Waals surface area contributed by atoms with E-state index in [-0.39, 0.29) is 40.2 Å². The van der Waals surface area contributed by atoms with Crippen molar-refractivity contribution in [3.63, 3.8) is 0 Å². The van der Waals surface area contributed by atoms with E-state index < -0.39 is 10.0 Å². The minimum atomic E-state index is -3.77. The van der Waals surface area contributed by atoms with Crippen LogP contribution >= 0.6 is 23.4 Å². The summed E-state index contributed by atoms with van der Waals surface area (Å²) in [6.07, 6.45) is 2.20. The number of para-hydroxylation sites is 1.